The first-order valence-corrected chi connectivity index (χ1v) is 8.36. The molecule has 0 aliphatic rings. The van der Waals surface area contributed by atoms with E-state index in [4.69, 9.17) is 0 Å². The number of nitrogens with zero attached hydrogens (tertiary/aromatic N) is 2. The lowest BCUT2D eigenvalue weighted by Gasteiger charge is -2.00. The standard InChI is InChI=1S/C15H11I2N3O2/c16-11-1-5-13(6-2-11)18-9-15(20(21)22)10-19-14-7-3-12(17)4-8-14/h1-10,18H/b15-9-,19-10?. The van der Waals surface area contributed by atoms with Gasteiger partial charge in [-0.1, -0.05) is 0 Å². The first kappa shape index (κ1) is 16.9. The normalized spacial score (nSPS) is 11.6. The molecule has 0 spiro atoms. The Morgan fingerprint density at radius 2 is 1.59 bits per heavy atom. The van der Waals surface area contributed by atoms with E-state index < -0.39 is 4.92 Å². The number of allylic oxidation sites excluding steroid dienone is 1. The Morgan fingerprint density at radius 1 is 1.05 bits per heavy atom. The molecule has 5 nitrogen and oxygen atoms in total. The molecule has 0 aliphatic carbocycles. The number of benzene rings is 2. The van der Waals surface area contributed by atoms with Crippen molar-refractivity contribution in [2.24, 2.45) is 4.99 Å². The van der Waals surface area contributed by atoms with Crippen molar-refractivity contribution in [1.82, 2.24) is 0 Å². The molecule has 0 heterocycles. The summed E-state index contributed by atoms with van der Waals surface area (Å²) in [5, 5.41) is 14.0. The van der Waals surface area contributed by atoms with Gasteiger partial charge < -0.3 is 5.32 Å². The Balaban J connectivity index is 2.12. The summed E-state index contributed by atoms with van der Waals surface area (Å²) in [7, 11) is 0. The molecule has 0 saturated heterocycles. The fourth-order valence-corrected chi connectivity index (χ4v) is 2.23. The highest BCUT2D eigenvalue weighted by molar-refractivity contribution is 14.1. The van der Waals surface area contributed by atoms with Crippen molar-refractivity contribution in [2.45, 2.75) is 0 Å². The van der Waals surface area contributed by atoms with E-state index in [9.17, 15) is 10.1 Å². The van der Waals surface area contributed by atoms with Gasteiger partial charge in [-0.2, -0.15) is 0 Å². The van der Waals surface area contributed by atoms with Gasteiger partial charge in [0.05, 0.1) is 16.8 Å². The molecule has 7 heteroatoms. The van der Waals surface area contributed by atoms with Crippen molar-refractivity contribution in [3.8, 4) is 0 Å². The predicted octanol–water partition coefficient (Wildman–Crippen LogP) is 4.83. The topological polar surface area (TPSA) is 67.5 Å². The monoisotopic (exact) mass is 519 g/mol. The fourth-order valence-electron chi connectivity index (χ4n) is 1.51. The van der Waals surface area contributed by atoms with Gasteiger partial charge in [0.25, 0.3) is 0 Å². The summed E-state index contributed by atoms with van der Waals surface area (Å²) in [5.74, 6) is 0. The van der Waals surface area contributed by atoms with Gasteiger partial charge in [-0.05, 0) is 93.7 Å². The van der Waals surface area contributed by atoms with Crippen LogP contribution in [-0.4, -0.2) is 11.1 Å². The molecule has 0 bridgehead atoms. The first-order chi connectivity index (χ1) is 10.5. The van der Waals surface area contributed by atoms with Gasteiger partial charge in [-0.25, -0.2) is 4.99 Å². The van der Waals surface area contributed by atoms with Gasteiger partial charge in [-0.15, -0.1) is 0 Å². The van der Waals surface area contributed by atoms with Gasteiger partial charge in [-0.3, -0.25) is 10.1 Å². The predicted molar refractivity (Wildman–Crippen MR) is 105 cm³/mol. The average molecular weight is 519 g/mol. The highest BCUT2D eigenvalue weighted by Gasteiger charge is 2.06. The number of nitro groups is 1. The Hall–Kier alpha value is -1.49. The van der Waals surface area contributed by atoms with Crippen molar-refractivity contribution in [3.05, 3.63) is 77.7 Å². The molecular weight excluding hydrogens is 508 g/mol. The third kappa shape index (κ3) is 5.37. The van der Waals surface area contributed by atoms with E-state index in [1.807, 2.05) is 48.5 Å². The third-order valence-electron chi connectivity index (χ3n) is 2.61. The lowest BCUT2D eigenvalue weighted by molar-refractivity contribution is -0.414. The molecule has 0 fully saturated rings. The third-order valence-corrected chi connectivity index (χ3v) is 4.05. The molecule has 0 unspecified atom stereocenters. The van der Waals surface area contributed by atoms with E-state index in [-0.39, 0.29) is 5.70 Å². The minimum atomic E-state index is -0.476. The van der Waals surface area contributed by atoms with Crippen molar-refractivity contribution in [3.63, 3.8) is 0 Å². The van der Waals surface area contributed by atoms with Crippen LogP contribution in [0.5, 0.6) is 0 Å². The summed E-state index contributed by atoms with van der Waals surface area (Å²) < 4.78 is 2.18. The molecule has 22 heavy (non-hydrogen) atoms. The second-order valence-electron chi connectivity index (χ2n) is 4.21. The molecule has 112 valence electrons. The molecule has 2 rings (SSSR count). The number of hydrogen-bond acceptors (Lipinski definition) is 4. The Morgan fingerprint density at radius 3 is 2.14 bits per heavy atom. The summed E-state index contributed by atoms with van der Waals surface area (Å²) in [6, 6.07) is 15.0. The van der Waals surface area contributed by atoms with E-state index >= 15 is 0 Å². The van der Waals surface area contributed by atoms with E-state index in [0.29, 0.717) is 5.69 Å². The molecule has 0 amide bonds. The van der Waals surface area contributed by atoms with Crippen molar-refractivity contribution < 1.29 is 4.92 Å². The van der Waals surface area contributed by atoms with Gasteiger partial charge in [0, 0.05) is 12.8 Å². The highest BCUT2D eigenvalue weighted by atomic mass is 127. The number of halogens is 2. The van der Waals surface area contributed by atoms with Gasteiger partial charge >= 0.3 is 5.70 Å². The van der Waals surface area contributed by atoms with Crippen LogP contribution < -0.4 is 5.32 Å². The quantitative estimate of drug-likeness (QED) is 0.267. The number of hydrogen-bond donors (Lipinski definition) is 1. The van der Waals surface area contributed by atoms with Crippen LogP contribution in [0.15, 0.2) is 65.4 Å². The van der Waals surface area contributed by atoms with Crippen molar-refractivity contribution >= 4 is 62.8 Å². The zero-order valence-electron chi connectivity index (χ0n) is 11.2. The molecule has 2 aromatic rings. The van der Waals surface area contributed by atoms with E-state index in [1.165, 1.54) is 12.4 Å². The summed E-state index contributed by atoms with van der Waals surface area (Å²) >= 11 is 4.39. The zero-order chi connectivity index (χ0) is 15.9. The minimum Gasteiger partial charge on any atom is -0.356 e. The maximum atomic E-state index is 11.1. The summed E-state index contributed by atoms with van der Waals surface area (Å²) in [4.78, 5) is 14.7. The lowest BCUT2D eigenvalue weighted by Crippen LogP contribution is -2.03. The second kappa shape index (κ2) is 8.22. The number of aliphatic imine (C=N–C) groups is 1. The minimum absolute atomic E-state index is 0.114. The summed E-state index contributed by atoms with van der Waals surface area (Å²) in [5.41, 5.74) is 1.34. The Bertz CT molecular complexity index is 711. The smallest absolute Gasteiger partial charge is 0.303 e. The van der Waals surface area contributed by atoms with Gasteiger partial charge in [0.1, 0.15) is 6.21 Å². The van der Waals surface area contributed by atoms with Crippen LogP contribution in [0.1, 0.15) is 0 Å². The molecule has 0 saturated carbocycles. The van der Waals surface area contributed by atoms with Crippen molar-refractivity contribution in [2.75, 3.05) is 5.32 Å². The van der Waals surface area contributed by atoms with E-state index in [2.05, 4.69) is 55.5 Å². The fraction of sp³-hybridized carbons (Fsp3) is 0. The van der Waals surface area contributed by atoms with Gasteiger partial charge in [0.15, 0.2) is 0 Å². The molecule has 0 aromatic heterocycles. The van der Waals surface area contributed by atoms with Crippen LogP contribution in [0.3, 0.4) is 0 Å². The zero-order valence-corrected chi connectivity index (χ0v) is 15.6. The second-order valence-corrected chi connectivity index (χ2v) is 6.70. The molecule has 0 aliphatic heterocycles. The van der Waals surface area contributed by atoms with Crippen LogP contribution in [-0.2, 0) is 0 Å². The van der Waals surface area contributed by atoms with Crippen LogP contribution in [0.25, 0.3) is 0 Å². The highest BCUT2D eigenvalue weighted by Crippen LogP contribution is 2.15. The molecular formula is C15H11I2N3O2. The number of rotatable bonds is 5. The maximum Gasteiger partial charge on any atom is 0.303 e. The van der Waals surface area contributed by atoms with Crippen LogP contribution in [0, 0.1) is 17.3 Å². The Kier molecular flexibility index (Phi) is 6.31. The SMILES string of the molecule is O=[N+]([O-])/C(C=Nc1ccc(I)cc1)=C\Nc1ccc(I)cc1. The lowest BCUT2D eigenvalue weighted by atomic mass is 10.3. The number of nitrogens with one attached hydrogen (secondary N) is 1. The maximum absolute atomic E-state index is 11.1. The first-order valence-electron chi connectivity index (χ1n) is 6.21. The molecule has 1 N–H and O–H groups in total. The summed E-state index contributed by atoms with van der Waals surface area (Å²) in [6.45, 7) is 0. The van der Waals surface area contributed by atoms with E-state index in [0.717, 1.165) is 12.8 Å². The van der Waals surface area contributed by atoms with Crippen molar-refractivity contribution in [1.29, 1.82) is 0 Å². The average Bonchev–Trinajstić information content (AvgIpc) is 2.50. The van der Waals surface area contributed by atoms with Crippen LogP contribution in [0.2, 0.25) is 0 Å². The number of anilines is 1. The summed E-state index contributed by atoms with van der Waals surface area (Å²) in [6.07, 6.45) is 2.57. The van der Waals surface area contributed by atoms with Crippen LogP contribution >= 0.6 is 45.2 Å². The van der Waals surface area contributed by atoms with E-state index in [1.54, 1.807) is 0 Å². The molecule has 2 aromatic carbocycles. The largest absolute Gasteiger partial charge is 0.356 e. The molecule has 0 atom stereocenters. The molecule has 0 radical (unpaired) electrons. The van der Waals surface area contributed by atoms with Crippen LogP contribution in [0.4, 0.5) is 11.4 Å². The van der Waals surface area contributed by atoms with Gasteiger partial charge in [0.2, 0.25) is 0 Å². The Labute approximate surface area is 155 Å².